The minimum Gasteiger partial charge on any atom is -0.487 e. The van der Waals surface area contributed by atoms with Crippen molar-refractivity contribution in [2.45, 2.75) is 49.9 Å². The molecule has 3 atom stereocenters. The molecule has 108 valence electrons. The Hall–Kier alpha value is -1.13. The van der Waals surface area contributed by atoms with Gasteiger partial charge in [-0.3, -0.25) is 0 Å². The second-order valence-electron chi connectivity index (χ2n) is 6.47. The van der Waals surface area contributed by atoms with Gasteiger partial charge in [-0.2, -0.15) is 0 Å². The van der Waals surface area contributed by atoms with E-state index in [1.807, 2.05) is 0 Å². The van der Waals surface area contributed by atoms with Crippen molar-refractivity contribution in [1.29, 1.82) is 0 Å². The van der Waals surface area contributed by atoms with Crippen LogP contribution in [0, 0.1) is 5.82 Å². The maximum Gasteiger partial charge on any atom is 0.126 e. The lowest BCUT2D eigenvalue weighted by Crippen LogP contribution is -2.52. The molecule has 1 aromatic carbocycles. The number of hydrogen-bond acceptors (Lipinski definition) is 3. The van der Waals surface area contributed by atoms with Crippen LogP contribution in [0.25, 0.3) is 0 Å². The number of halogens is 1. The van der Waals surface area contributed by atoms with Gasteiger partial charge in [-0.1, -0.05) is 0 Å². The first-order valence-corrected chi connectivity index (χ1v) is 7.56. The van der Waals surface area contributed by atoms with Crippen LogP contribution in [-0.2, 0) is 0 Å². The molecule has 3 heterocycles. The van der Waals surface area contributed by atoms with E-state index in [-0.39, 0.29) is 11.4 Å². The topological polar surface area (TPSA) is 32.7 Å². The number of hydrogen-bond donors (Lipinski definition) is 1. The van der Waals surface area contributed by atoms with Crippen LogP contribution < -0.4 is 4.74 Å². The highest BCUT2D eigenvalue weighted by atomic mass is 19.1. The predicted molar refractivity (Wildman–Crippen MR) is 73.2 cm³/mol. The Bertz CT molecular complexity index is 535. The summed E-state index contributed by atoms with van der Waals surface area (Å²) in [5.74, 6) is 0.351. The van der Waals surface area contributed by atoms with E-state index in [1.54, 1.807) is 6.07 Å². The van der Waals surface area contributed by atoms with Gasteiger partial charge in [0.2, 0.25) is 0 Å². The first kappa shape index (κ1) is 12.6. The predicted octanol–water partition coefficient (Wildman–Crippen LogP) is 2.64. The van der Waals surface area contributed by atoms with E-state index in [2.05, 4.69) is 4.90 Å². The van der Waals surface area contributed by atoms with Gasteiger partial charge in [0, 0.05) is 31.0 Å². The van der Waals surface area contributed by atoms with Gasteiger partial charge in [0.25, 0.3) is 0 Å². The monoisotopic (exact) mass is 277 g/mol. The Labute approximate surface area is 118 Å². The zero-order valence-electron chi connectivity index (χ0n) is 11.5. The quantitative estimate of drug-likeness (QED) is 0.791. The van der Waals surface area contributed by atoms with Crippen molar-refractivity contribution in [2.75, 3.05) is 13.1 Å². The van der Waals surface area contributed by atoms with Crippen molar-refractivity contribution < 1.29 is 14.2 Å². The smallest absolute Gasteiger partial charge is 0.126 e. The average molecular weight is 277 g/mol. The highest BCUT2D eigenvalue weighted by molar-refractivity contribution is 5.38. The molecule has 20 heavy (non-hydrogen) atoms. The summed E-state index contributed by atoms with van der Waals surface area (Å²) >= 11 is 0. The summed E-state index contributed by atoms with van der Waals surface area (Å²) in [6, 6.07) is 5.07. The fraction of sp³-hybridized carbons (Fsp3) is 0.625. The van der Waals surface area contributed by atoms with Crippen LogP contribution in [-0.4, -0.2) is 34.7 Å². The number of nitrogens with zero attached hydrogens (tertiary/aromatic N) is 1. The van der Waals surface area contributed by atoms with Gasteiger partial charge in [-0.15, -0.1) is 0 Å². The van der Waals surface area contributed by atoms with Crippen LogP contribution in [0.15, 0.2) is 18.2 Å². The Morgan fingerprint density at radius 2 is 2.20 bits per heavy atom. The molecule has 0 aromatic heterocycles. The minimum absolute atomic E-state index is 0.254. The van der Waals surface area contributed by atoms with Gasteiger partial charge >= 0.3 is 0 Å². The molecular formula is C16H20FNO2. The Kier molecular flexibility index (Phi) is 2.79. The van der Waals surface area contributed by atoms with Crippen LogP contribution in [0.5, 0.6) is 5.75 Å². The van der Waals surface area contributed by atoms with E-state index in [0.717, 1.165) is 19.4 Å². The van der Waals surface area contributed by atoms with E-state index < -0.39 is 6.10 Å². The highest BCUT2D eigenvalue weighted by Gasteiger charge is 2.47. The van der Waals surface area contributed by atoms with Crippen molar-refractivity contribution in [2.24, 2.45) is 0 Å². The summed E-state index contributed by atoms with van der Waals surface area (Å²) in [4.78, 5) is 2.54. The molecule has 0 aliphatic carbocycles. The van der Waals surface area contributed by atoms with Crippen molar-refractivity contribution in [1.82, 2.24) is 4.90 Å². The van der Waals surface area contributed by atoms with Crippen molar-refractivity contribution >= 4 is 0 Å². The Balaban J connectivity index is 1.63. The normalized spacial score (nSPS) is 36.5. The second kappa shape index (κ2) is 4.43. The fourth-order valence-electron chi connectivity index (χ4n) is 4.19. The maximum atomic E-state index is 13.3. The summed E-state index contributed by atoms with van der Waals surface area (Å²) in [5, 5.41) is 10.4. The molecule has 2 saturated heterocycles. The number of ether oxygens (including phenoxy) is 1. The molecule has 1 N–H and O–H groups in total. The molecule has 2 unspecified atom stereocenters. The molecule has 1 spiro atoms. The molecule has 4 rings (SSSR count). The SMILES string of the molecule is O[C@H]1CC2(CCN3CCCC3C2)Oc2ccc(F)cc21. The van der Waals surface area contributed by atoms with E-state index >= 15 is 0 Å². The van der Waals surface area contributed by atoms with E-state index in [9.17, 15) is 9.50 Å². The summed E-state index contributed by atoms with van der Waals surface area (Å²) in [5.41, 5.74) is 0.347. The lowest BCUT2D eigenvalue weighted by atomic mass is 9.79. The van der Waals surface area contributed by atoms with Crippen LogP contribution in [0.2, 0.25) is 0 Å². The number of fused-ring (bicyclic) bond motifs is 2. The van der Waals surface area contributed by atoms with E-state index in [0.29, 0.717) is 23.8 Å². The molecule has 1 aromatic rings. The molecule has 3 aliphatic heterocycles. The Morgan fingerprint density at radius 3 is 3.10 bits per heavy atom. The molecule has 3 nitrogen and oxygen atoms in total. The molecule has 4 heteroatoms. The van der Waals surface area contributed by atoms with Crippen LogP contribution >= 0.6 is 0 Å². The Morgan fingerprint density at radius 1 is 1.30 bits per heavy atom. The van der Waals surface area contributed by atoms with Gasteiger partial charge in [0.15, 0.2) is 0 Å². The first-order chi connectivity index (χ1) is 9.65. The van der Waals surface area contributed by atoms with Crippen molar-refractivity contribution in [3.05, 3.63) is 29.6 Å². The number of aliphatic hydroxyl groups excluding tert-OH is 1. The van der Waals surface area contributed by atoms with Crippen molar-refractivity contribution in [3.8, 4) is 5.75 Å². The van der Waals surface area contributed by atoms with Crippen LogP contribution in [0.3, 0.4) is 0 Å². The molecule has 0 radical (unpaired) electrons. The lowest BCUT2D eigenvalue weighted by Gasteiger charge is -2.47. The second-order valence-corrected chi connectivity index (χ2v) is 6.47. The van der Waals surface area contributed by atoms with Gasteiger partial charge in [0.05, 0.1) is 6.10 Å². The zero-order chi connectivity index (χ0) is 13.7. The first-order valence-electron chi connectivity index (χ1n) is 7.56. The summed E-state index contributed by atoms with van der Waals surface area (Å²) in [7, 11) is 0. The number of aliphatic hydroxyl groups is 1. The number of rotatable bonds is 0. The molecule has 0 amide bonds. The average Bonchev–Trinajstić information content (AvgIpc) is 2.87. The van der Waals surface area contributed by atoms with Crippen LogP contribution in [0.4, 0.5) is 4.39 Å². The number of benzene rings is 1. The molecule has 0 bridgehead atoms. The largest absolute Gasteiger partial charge is 0.487 e. The third-order valence-corrected chi connectivity index (χ3v) is 5.18. The zero-order valence-corrected chi connectivity index (χ0v) is 11.5. The van der Waals surface area contributed by atoms with E-state index in [4.69, 9.17) is 4.74 Å². The standard InChI is InChI=1S/C16H20FNO2/c17-11-3-4-15-13(8-11)14(19)10-16(20-15)5-7-18-6-1-2-12(18)9-16/h3-4,8,12,14,19H,1-2,5-7,9-10H2/t12?,14-,16?/m0/s1. The van der Waals surface area contributed by atoms with Gasteiger partial charge in [-0.05, 0) is 44.0 Å². The molecule has 2 fully saturated rings. The summed E-state index contributed by atoms with van der Waals surface area (Å²) in [6.07, 6.45) is 4.43. The van der Waals surface area contributed by atoms with Gasteiger partial charge < -0.3 is 14.7 Å². The maximum absolute atomic E-state index is 13.3. The highest BCUT2D eigenvalue weighted by Crippen LogP contribution is 2.46. The lowest BCUT2D eigenvalue weighted by molar-refractivity contribution is -0.0647. The minimum atomic E-state index is -0.609. The van der Waals surface area contributed by atoms with Gasteiger partial charge in [0.1, 0.15) is 17.2 Å². The summed E-state index contributed by atoms with van der Waals surface area (Å²) in [6.45, 7) is 2.25. The molecule has 3 aliphatic rings. The van der Waals surface area contributed by atoms with Gasteiger partial charge in [-0.25, -0.2) is 4.39 Å². The third kappa shape index (κ3) is 1.93. The summed E-state index contributed by atoms with van der Waals surface area (Å²) < 4.78 is 19.5. The van der Waals surface area contributed by atoms with E-state index in [1.165, 1.54) is 31.5 Å². The third-order valence-electron chi connectivity index (χ3n) is 5.18. The molecular weight excluding hydrogens is 257 g/mol. The fourth-order valence-corrected chi connectivity index (χ4v) is 4.19. The van der Waals surface area contributed by atoms with Crippen LogP contribution in [0.1, 0.15) is 43.8 Å². The van der Waals surface area contributed by atoms with Crippen molar-refractivity contribution in [3.63, 3.8) is 0 Å². The molecule has 0 saturated carbocycles. The number of piperidine rings is 1.